The topological polar surface area (TPSA) is 69.6 Å². The number of hydrogen-bond acceptors (Lipinski definition) is 5. The van der Waals surface area contributed by atoms with Gasteiger partial charge in [0.05, 0.1) is 27.2 Å². The van der Waals surface area contributed by atoms with Gasteiger partial charge in [-0.2, -0.15) is 9.78 Å². The van der Waals surface area contributed by atoms with Gasteiger partial charge in [0.15, 0.2) is 5.76 Å². The summed E-state index contributed by atoms with van der Waals surface area (Å²) in [6.07, 6.45) is 1.55. The second-order valence-electron chi connectivity index (χ2n) is 8.83. The Morgan fingerprint density at radius 2 is 1.80 bits per heavy atom. The Hall–Kier alpha value is -3.62. The molecule has 0 radical (unpaired) electrons. The molecule has 0 saturated heterocycles. The van der Waals surface area contributed by atoms with Gasteiger partial charge in [-0.25, -0.2) is 4.98 Å². The van der Waals surface area contributed by atoms with E-state index in [0.29, 0.717) is 48.6 Å². The molecule has 0 amide bonds. The van der Waals surface area contributed by atoms with Crippen LogP contribution in [0.2, 0.25) is 15.1 Å². The van der Waals surface area contributed by atoms with E-state index in [1.54, 1.807) is 60.8 Å². The van der Waals surface area contributed by atoms with Crippen LogP contribution in [-0.4, -0.2) is 15.9 Å². The molecular formula is C30H17BrCl3N3O3. The van der Waals surface area contributed by atoms with Gasteiger partial charge in [-0.15, -0.1) is 0 Å². The first kappa shape index (κ1) is 26.6. The van der Waals surface area contributed by atoms with Gasteiger partial charge in [0, 0.05) is 20.4 Å². The zero-order valence-corrected chi connectivity index (χ0v) is 24.3. The van der Waals surface area contributed by atoms with Crippen LogP contribution in [-0.2, 0) is 6.61 Å². The second-order valence-corrected chi connectivity index (χ2v) is 11.0. The molecule has 6 aromatic rings. The summed E-state index contributed by atoms with van der Waals surface area (Å²) >= 11 is 21.9. The molecule has 6 rings (SSSR count). The molecular weight excluding hydrogens is 637 g/mol. The van der Waals surface area contributed by atoms with Crippen molar-refractivity contribution in [2.45, 2.75) is 6.61 Å². The summed E-state index contributed by atoms with van der Waals surface area (Å²) < 4.78 is 14.2. The Morgan fingerprint density at radius 3 is 2.65 bits per heavy atom. The molecule has 198 valence electrons. The molecule has 0 fully saturated rings. The molecule has 0 unspecified atom stereocenters. The van der Waals surface area contributed by atoms with Crippen LogP contribution in [0.5, 0.6) is 5.75 Å². The summed E-state index contributed by atoms with van der Waals surface area (Å²) in [7, 11) is 0. The van der Waals surface area contributed by atoms with Crippen LogP contribution in [0.3, 0.4) is 0 Å². The normalized spacial score (nSPS) is 11.6. The molecule has 40 heavy (non-hydrogen) atoms. The first-order valence-corrected chi connectivity index (χ1v) is 13.9. The molecule has 2 heterocycles. The third-order valence-electron chi connectivity index (χ3n) is 6.12. The van der Waals surface area contributed by atoms with Gasteiger partial charge in [0.1, 0.15) is 17.9 Å². The Morgan fingerprint density at radius 1 is 0.950 bits per heavy atom. The summed E-state index contributed by atoms with van der Waals surface area (Å²) in [6.45, 7) is 0.254. The highest BCUT2D eigenvalue weighted by Gasteiger charge is 2.17. The van der Waals surface area contributed by atoms with Crippen LogP contribution in [0.4, 0.5) is 0 Å². The Balaban J connectivity index is 1.43. The Kier molecular flexibility index (Phi) is 7.38. The number of hydrogen-bond donors (Lipinski definition) is 0. The maximum Gasteiger partial charge on any atom is 0.282 e. The largest absolute Gasteiger partial charge is 0.488 e. The number of benzene rings is 4. The van der Waals surface area contributed by atoms with Crippen molar-refractivity contribution in [3.8, 4) is 17.3 Å². The molecule has 0 N–H and O–H groups in total. The maximum absolute atomic E-state index is 13.6. The predicted molar refractivity (Wildman–Crippen MR) is 164 cm³/mol. The molecule has 0 saturated carbocycles. The van der Waals surface area contributed by atoms with Gasteiger partial charge in [-0.05, 0) is 72.3 Å². The Labute approximate surface area is 251 Å². The molecule has 0 aliphatic heterocycles. The SMILES string of the molecule is O=c1c2ccccc2nc(-c2cc3cc(Cl)ccc3o2)n1N=Cc1cc(Br)ccc1OCc1ccc(Cl)c(Cl)c1. The van der Waals surface area contributed by atoms with E-state index in [-0.39, 0.29) is 18.0 Å². The van der Waals surface area contributed by atoms with Gasteiger partial charge in [0.2, 0.25) is 5.82 Å². The van der Waals surface area contributed by atoms with Crippen LogP contribution in [0.1, 0.15) is 11.1 Å². The van der Waals surface area contributed by atoms with Crippen molar-refractivity contribution in [3.05, 3.63) is 126 Å². The molecule has 2 aromatic heterocycles. The third-order valence-corrected chi connectivity index (χ3v) is 7.58. The van der Waals surface area contributed by atoms with Crippen LogP contribution in [0, 0.1) is 0 Å². The third kappa shape index (κ3) is 5.38. The van der Waals surface area contributed by atoms with E-state index in [9.17, 15) is 4.79 Å². The molecule has 10 heteroatoms. The molecule has 0 atom stereocenters. The lowest BCUT2D eigenvalue weighted by Crippen LogP contribution is -2.20. The summed E-state index contributed by atoms with van der Waals surface area (Å²) in [5.41, 5.74) is 2.28. The fraction of sp³-hybridized carbons (Fsp3) is 0.0333. The first-order valence-electron chi connectivity index (χ1n) is 12.0. The van der Waals surface area contributed by atoms with Crippen molar-refractivity contribution in [3.63, 3.8) is 0 Å². The fourth-order valence-electron chi connectivity index (χ4n) is 4.18. The van der Waals surface area contributed by atoms with Gasteiger partial charge in [-0.3, -0.25) is 4.79 Å². The number of fused-ring (bicyclic) bond motifs is 2. The number of para-hydroxylation sites is 1. The maximum atomic E-state index is 13.6. The van der Waals surface area contributed by atoms with Crippen molar-refractivity contribution in [1.82, 2.24) is 9.66 Å². The zero-order valence-electron chi connectivity index (χ0n) is 20.4. The van der Waals surface area contributed by atoms with Gasteiger partial charge >= 0.3 is 0 Å². The number of rotatable bonds is 6. The number of ether oxygens (including phenoxy) is 1. The van der Waals surface area contributed by atoms with Gasteiger partial charge in [0.25, 0.3) is 5.56 Å². The minimum Gasteiger partial charge on any atom is -0.488 e. The van der Waals surface area contributed by atoms with Crippen molar-refractivity contribution in [1.29, 1.82) is 0 Å². The minimum absolute atomic E-state index is 0.251. The van der Waals surface area contributed by atoms with Crippen LogP contribution >= 0.6 is 50.7 Å². The lowest BCUT2D eigenvalue weighted by atomic mass is 10.2. The number of aromatic nitrogens is 2. The molecule has 6 nitrogen and oxygen atoms in total. The number of nitrogens with zero attached hydrogens (tertiary/aromatic N) is 3. The molecule has 0 aliphatic rings. The van der Waals surface area contributed by atoms with Crippen molar-refractivity contribution < 1.29 is 9.15 Å². The number of furan rings is 1. The van der Waals surface area contributed by atoms with E-state index in [1.807, 2.05) is 30.3 Å². The van der Waals surface area contributed by atoms with E-state index in [0.717, 1.165) is 15.4 Å². The highest BCUT2D eigenvalue weighted by molar-refractivity contribution is 9.10. The molecule has 0 bridgehead atoms. The van der Waals surface area contributed by atoms with Crippen molar-refractivity contribution in [2.75, 3.05) is 0 Å². The molecule has 0 aliphatic carbocycles. The van der Waals surface area contributed by atoms with Crippen molar-refractivity contribution >= 4 is 78.8 Å². The summed E-state index contributed by atoms with van der Waals surface area (Å²) in [4.78, 5) is 18.3. The average Bonchev–Trinajstić information content (AvgIpc) is 3.37. The monoisotopic (exact) mass is 651 g/mol. The van der Waals surface area contributed by atoms with E-state index in [4.69, 9.17) is 48.9 Å². The minimum atomic E-state index is -0.344. The van der Waals surface area contributed by atoms with Crippen molar-refractivity contribution in [2.24, 2.45) is 5.10 Å². The second kappa shape index (κ2) is 11.1. The van der Waals surface area contributed by atoms with Crippen LogP contribution in [0.25, 0.3) is 33.5 Å². The zero-order chi connectivity index (χ0) is 27.8. The van der Waals surface area contributed by atoms with E-state index in [2.05, 4.69) is 21.0 Å². The summed E-state index contributed by atoms with van der Waals surface area (Å²) in [6, 6.07) is 25.0. The lowest BCUT2D eigenvalue weighted by molar-refractivity contribution is 0.306. The first-order chi connectivity index (χ1) is 19.4. The summed E-state index contributed by atoms with van der Waals surface area (Å²) in [5.74, 6) is 1.18. The van der Waals surface area contributed by atoms with E-state index in [1.165, 1.54) is 4.68 Å². The quantitative estimate of drug-likeness (QED) is 0.168. The lowest BCUT2D eigenvalue weighted by Gasteiger charge is -2.11. The average molecular weight is 654 g/mol. The summed E-state index contributed by atoms with van der Waals surface area (Å²) in [5, 5.41) is 7.26. The Bertz CT molecular complexity index is 2000. The standard InChI is InChI=1S/C30H17BrCl3N3O3/c31-20-6-9-26(39-16-17-5-8-23(33)24(34)11-17)19(12-20)15-35-37-29(36-25-4-2-1-3-22(25)30(37)38)28-14-18-13-21(32)7-10-27(18)40-28/h1-15H,16H2. The van der Waals surface area contributed by atoms with Gasteiger partial charge in [-0.1, -0.05) is 68.9 Å². The number of halogens is 4. The molecule has 4 aromatic carbocycles. The van der Waals surface area contributed by atoms with E-state index >= 15 is 0 Å². The smallest absolute Gasteiger partial charge is 0.282 e. The predicted octanol–water partition coefficient (Wildman–Crippen LogP) is 8.99. The van der Waals surface area contributed by atoms with E-state index < -0.39 is 0 Å². The van der Waals surface area contributed by atoms with Crippen LogP contribution < -0.4 is 10.3 Å². The fourth-order valence-corrected chi connectivity index (χ4v) is 5.06. The molecule has 0 spiro atoms. The highest BCUT2D eigenvalue weighted by Crippen LogP contribution is 2.30. The highest BCUT2D eigenvalue weighted by atomic mass is 79.9. The van der Waals surface area contributed by atoms with Gasteiger partial charge < -0.3 is 9.15 Å². The van der Waals surface area contributed by atoms with Crippen LogP contribution in [0.15, 0.2) is 104 Å².